The van der Waals surface area contributed by atoms with Crippen LogP contribution in [0.5, 0.6) is 0 Å². The molecular formula is C34H45N3O11. The van der Waals surface area contributed by atoms with Crippen LogP contribution in [0.25, 0.3) is 0 Å². The molecule has 1 N–H and O–H groups in total. The van der Waals surface area contributed by atoms with Gasteiger partial charge < -0.3 is 28.8 Å². The van der Waals surface area contributed by atoms with Crippen molar-refractivity contribution in [3.8, 4) is 0 Å². The molecule has 1 aromatic rings. The highest BCUT2D eigenvalue weighted by atomic mass is 16.7. The maximum atomic E-state index is 12.5. The van der Waals surface area contributed by atoms with Crippen molar-refractivity contribution < 1.29 is 52.8 Å². The number of nitrogens with zero attached hydrogens (tertiary/aromatic N) is 3. The smallest absolute Gasteiger partial charge is 0.303 e. The van der Waals surface area contributed by atoms with Crippen molar-refractivity contribution in [2.45, 2.75) is 122 Å². The lowest BCUT2D eigenvalue weighted by Crippen LogP contribution is -2.60. The SMILES string of the molecule is CC(=O)OC[C@H]1O[C@@H](n2cc([C@]3(O)CC[C@H]4[C@@H]5CCC6=CC(=O)CC[C@@H]6[C@H]5CC[C@@]43C)nn2)[C@H](OC(C)=O)[C@@H](OC(C)=O)[C@@H]1OC(C)=O. The average Bonchev–Trinajstić information content (AvgIpc) is 3.61. The Morgan fingerprint density at radius 2 is 1.58 bits per heavy atom. The molecule has 0 radical (unpaired) electrons. The second-order valence-electron chi connectivity index (χ2n) is 14.3. The Morgan fingerprint density at radius 3 is 2.27 bits per heavy atom. The van der Waals surface area contributed by atoms with Gasteiger partial charge in [0.1, 0.15) is 24.0 Å². The summed E-state index contributed by atoms with van der Waals surface area (Å²) in [4.78, 5) is 60.5. The molecular weight excluding hydrogens is 626 g/mol. The van der Waals surface area contributed by atoms with Crippen LogP contribution in [0.3, 0.4) is 0 Å². The molecule has 0 bridgehead atoms. The molecule has 1 aromatic heterocycles. The summed E-state index contributed by atoms with van der Waals surface area (Å²) in [7, 11) is 0. The van der Waals surface area contributed by atoms with Crippen LogP contribution in [0.4, 0.5) is 0 Å². The van der Waals surface area contributed by atoms with E-state index in [2.05, 4.69) is 17.2 Å². The number of hydrogen-bond donors (Lipinski definition) is 1. The lowest BCUT2D eigenvalue weighted by atomic mass is 9.50. The molecule has 0 amide bonds. The minimum atomic E-state index is -1.35. The summed E-state index contributed by atoms with van der Waals surface area (Å²) in [6.07, 6.45) is 3.53. The van der Waals surface area contributed by atoms with Crippen LogP contribution in [-0.2, 0) is 53.3 Å². The van der Waals surface area contributed by atoms with Crippen molar-refractivity contribution >= 4 is 29.7 Å². The van der Waals surface area contributed by atoms with Crippen LogP contribution < -0.4 is 0 Å². The third-order valence-electron chi connectivity index (χ3n) is 11.6. The highest BCUT2D eigenvalue weighted by Crippen LogP contribution is 2.67. The zero-order valence-corrected chi connectivity index (χ0v) is 28.1. The third-order valence-corrected chi connectivity index (χ3v) is 11.6. The maximum absolute atomic E-state index is 12.5. The number of allylic oxidation sites excluding steroid dienone is 1. The number of aliphatic hydroxyl groups is 1. The molecule has 262 valence electrons. The summed E-state index contributed by atoms with van der Waals surface area (Å²) in [6, 6.07) is 0. The van der Waals surface area contributed by atoms with Gasteiger partial charge in [0.25, 0.3) is 0 Å². The fourth-order valence-electron chi connectivity index (χ4n) is 9.63. The number of fused-ring (bicyclic) bond motifs is 5. The fourth-order valence-corrected chi connectivity index (χ4v) is 9.63. The van der Waals surface area contributed by atoms with E-state index in [1.807, 2.05) is 6.08 Å². The first kappa shape index (κ1) is 34.2. The van der Waals surface area contributed by atoms with Gasteiger partial charge in [-0.1, -0.05) is 17.7 Å². The molecule has 0 spiro atoms. The Hall–Kier alpha value is -3.65. The van der Waals surface area contributed by atoms with Crippen molar-refractivity contribution in [2.24, 2.45) is 29.1 Å². The Balaban J connectivity index is 1.31. The van der Waals surface area contributed by atoms with Crippen LogP contribution in [-0.4, -0.2) is 80.8 Å². The molecule has 11 atom stereocenters. The van der Waals surface area contributed by atoms with Crippen LogP contribution in [0.1, 0.15) is 97.9 Å². The van der Waals surface area contributed by atoms with Crippen molar-refractivity contribution in [3.05, 3.63) is 23.5 Å². The molecule has 2 heterocycles. The number of aromatic nitrogens is 3. The fraction of sp³-hybridized carbons (Fsp3) is 0.735. The minimum Gasteiger partial charge on any atom is -0.463 e. The van der Waals surface area contributed by atoms with Crippen LogP contribution >= 0.6 is 0 Å². The lowest BCUT2D eigenvalue weighted by Gasteiger charge is -2.55. The lowest BCUT2D eigenvalue weighted by molar-refractivity contribution is -0.270. The van der Waals surface area contributed by atoms with Gasteiger partial charge in [-0.15, -0.1) is 5.10 Å². The number of esters is 4. The topological polar surface area (TPSA) is 182 Å². The third kappa shape index (κ3) is 6.06. The van der Waals surface area contributed by atoms with E-state index in [-0.39, 0.29) is 18.3 Å². The molecule has 0 aromatic carbocycles. The van der Waals surface area contributed by atoms with Gasteiger partial charge in [0, 0.05) is 39.5 Å². The first-order chi connectivity index (χ1) is 22.7. The van der Waals surface area contributed by atoms with E-state index in [4.69, 9.17) is 23.7 Å². The Morgan fingerprint density at radius 1 is 0.896 bits per heavy atom. The van der Waals surface area contributed by atoms with Crippen molar-refractivity contribution in [1.82, 2.24) is 15.0 Å². The van der Waals surface area contributed by atoms with Crippen molar-refractivity contribution in [2.75, 3.05) is 6.61 Å². The van der Waals surface area contributed by atoms with E-state index in [9.17, 15) is 29.1 Å². The molecule has 48 heavy (non-hydrogen) atoms. The normalized spacial score (nSPS) is 38.8. The monoisotopic (exact) mass is 671 g/mol. The molecule has 4 aliphatic carbocycles. The number of ketones is 1. The first-order valence-electron chi connectivity index (χ1n) is 16.9. The van der Waals surface area contributed by atoms with Crippen LogP contribution in [0, 0.1) is 29.1 Å². The molecule has 3 saturated carbocycles. The number of carbonyl (C=O) groups excluding carboxylic acids is 5. The predicted molar refractivity (Wildman–Crippen MR) is 163 cm³/mol. The van der Waals surface area contributed by atoms with Gasteiger partial charge in [-0.2, -0.15) is 0 Å². The molecule has 4 fully saturated rings. The molecule has 6 rings (SSSR count). The van der Waals surface area contributed by atoms with Gasteiger partial charge in [-0.25, -0.2) is 4.68 Å². The largest absolute Gasteiger partial charge is 0.463 e. The highest BCUT2D eigenvalue weighted by Gasteiger charge is 2.64. The van der Waals surface area contributed by atoms with Gasteiger partial charge >= 0.3 is 23.9 Å². The summed E-state index contributed by atoms with van der Waals surface area (Å²) in [5, 5.41) is 21.3. The van der Waals surface area contributed by atoms with E-state index in [1.165, 1.54) is 24.1 Å². The quantitative estimate of drug-likeness (QED) is 0.330. The summed E-state index contributed by atoms with van der Waals surface area (Å²) in [6.45, 7) is 6.48. The van der Waals surface area contributed by atoms with Gasteiger partial charge in [-0.3, -0.25) is 24.0 Å². The molecule has 14 nitrogen and oxygen atoms in total. The van der Waals surface area contributed by atoms with E-state index < -0.39 is 65.5 Å². The first-order valence-corrected chi connectivity index (χ1v) is 16.9. The summed E-state index contributed by atoms with van der Waals surface area (Å²) >= 11 is 0. The van der Waals surface area contributed by atoms with Gasteiger partial charge in [0.05, 0.1) is 6.20 Å². The second-order valence-corrected chi connectivity index (χ2v) is 14.3. The maximum Gasteiger partial charge on any atom is 0.303 e. The van der Waals surface area contributed by atoms with E-state index in [0.717, 1.165) is 52.4 Å². The molecule has 0 unspecified atom stereocenters. The molecule has 14 heteroatoms. The van der Waals surface area contributed by atoms with Crippen LogP contribution in [0.2, 0.25) is 0 Å². The Kier molecular flexibility index (Phi) is 9.26. The standard InChI is InChI=1S/C34H45N3O11/c1-17(38)44-16-27-29(45-18(2)39)30(46-19(3)40)31(47-20(4)41)32(48-27)37-15-28(35-36-37)34(43)13-11-26-25-8-6-21-14-22(42)7-9-23(21)24(25)10-12-33(26,34)5/h14-15,23-27,29-32,43H,6-13,16H2,1-5H3/t23-,24+,25+,26-,27+,29+,30-,31+,32+,33-,34+/m0/s1. The molecule has 5 aliphatic rings. The summed E-state index contributed by atoms with van der Waals surface area (Å²) < 4.78 is 29.4. The van der Waals surface area contributed by atoms with Crippen LogP contribution in [0.15, 0.2) is 17.8 Å². The Bertz CT molecular complexity index is 1510. The van der Waals surface area contributed by atoms with E-state index in [0.29, 0.717) is 36.3 Å². The van der Waals surface area contributed by atoms with Gasteiger partial charge in [0.2, 0.25) is 0 Å². The molecule has 1 aliphatic heterocycles. The number of carbonyl (C=O) groups is 5. The summed E-state index contributed by atoms with van der Waals surface area (Å²) in [5.74, 6) is -0.945. The number of rotatable bonds is 7. The second kappa shape index (κ2) is 13.0. The summed E-state index contributed by atoms with van der Waals surface area (Å²) in [5.41, 5.74) is -0.143. The highest BCUT2D eigenvalue weighted by molar-refractivity contribution is 5.91. The molecule has 1 saturated heterocycles. The van der Waals surface area contributed by atoms with Crippen molar-refractivity contribution in [1.29, 1.82) is 0 Å². The van der Waals surface area contributed by atoms with Gasteiger partial charge in [-0.05, 0) is 74.7 Å². The Labute approximate surface area is 278 Å². The van der Waals surface area contributed by atoms with E-state index in [1.54, 1.807) is 6.20 Å². The van der Waals surface area contributed by atoms with Crippen molar-refractivity contribution in [3.63, 3.8) is 0 Å². The number of hydrogen-bond acceptors (Lipinski definition) is 13. The van der Waals surface area contributed by atoms with E-state index >= 15 is 0 Å². The predicted octanol–water partition coefficient (Wildman–Crippen LogP) is 2.86. The zero-order chi connectivity index (χ0) is 34.5. The average molecular weight is 672 g/mol. The zero-order valence-electron chi connectivity index (χ0n) is 28.1. The minimum absolute atomic E-state index is 0.232. The number of ether oxygens (including phenoxy) is 5. The van der Waals surface area contributed by atoms with Gasteiger partial charge in [0.15, 0.2) is 30.3 Å².